The van der Waals surface area contributed by atoms with Gasteiger partial charge in [0.05, 0.1) is 0 Å². The van der Waals surface area contributed by atoms with Gasteiger partial charge in [-0.1, -0.05) is 0 Å². The average Bonchev–Trinajstić information content (AvgIpc) is 2.05. The zero-order chi connectivity index (χ0) is 8.27. The van der Waals surface area contributed by atoms with Gasteiger partial charge in [0.25, 0.3) is 5.91 Å². The van der Waals surface area contributed by atoms with Crippen molar-refractivity contribution in [3.05, 3.63) is 35.4 Å². The minimum Gasteiger partial charge on any atom is -0.704 e. The fourth-order valence-electron chi connectivity index (χ4n) is 0.683. The second kappa shape index (κ2) is 2.92. The molecule has 4 nitrogen and oxygen atoms in total. The van der Waals surface area contributed by atoms with Crippen LogP contribution in [-0.2, 0) is 0 Å². The molecule has 0 unspecified atom stereocenters. The molecule has 0 spiro atoms. The molecule has 0 aliphatic heterocycles. The van der Waals surface area contributed by atoms with Crippen LogP contribution in [-0.4, -0.2) is 5.91 Å². The molecule has 2 N–H and O–H groups in total. The highest BCUT2D eigenvalue weighted by molar-refractivity contribution is 5.94. The molecule has 56 valence electrons. The molecule has 1 rings (SSSR count). The van der Waals surface area contributed by atoms with E-state index in [0.29, 0.717) is 11.3 Å². The van der Waals surface area contributed by atoms with Crippen molar-refractivity contribution in [2.75, 3.05) is 5.73 Å². The summed E-state index contributed by atoms with van der Waals surface area (Å²) in [6.45, 7) is 0. The van der Waals surface area contributed by atoms with Gasteiger partial charge in [-0.05, 0) is 24.3 Å². The maximum atomic E-state index is 10.7. The maximum Gasteiger partial charge on any atom is 0.256 e. The molecular weight excluding hydrogens is 142 g/mol. The molecule has 0 aliphatic carbocycles. The van der Waals surface area contributed by atoms with Gasteiger partial charge >= 0.3 is 0 Å². The third kappa shape index (κ3) is 1.61. The Morgan fingerprint density at radius 3 is 2.36 bits per heavy atom. The smallest absolute Gasteiger partial charge is 0.256 e. The molecule has 0 bridgehead atoms. The van der Waals surface area contributed by atoms with E-state index in [2.05, 4.69) is 5.11 Å². The van der Waals surface area contributed by atoms with Crippen LogP contribution in [0, 0.1) is 0 Å². The van der Waals surface area contributed by atoms with Gasteiger partial charge in [0, 0.05) is 11.3 Å². The normalized spacial score (nSPS) is 9.09. The zero-order valence-electron chi connectivity index (χ0n) is 5.69. The van der Waals surface area contributed by atoms with Gasteiger partial charge in [-0.2, -0.15) is 0 Å². The fourth-order valence-corrected chi connectivity index (χ4v) is 0.683. The molecule has 0 heterocycles. The lowest BCUT2D eigenvalue weighted by Crippen LogP contribution is -1.93. The first-order chi connectivity index (χ1) is 5.24. The number of rotatable bonds is 1. The topological polar surface area (TPSA) is 77.8 Å². The molecule has 0 radical (unpaired) electrons. The quantitative estimate of drug-likeness (QED) is 0.483. The zero-order valence-corrected chi connectivity index (χ0v) is 5.69. The Kier molecular flexibility index (Phi) is 1.96. The minimum atomic E-state index is -0.662. The lowest BCUT2D eigenvalue weighted by Gasteiger charge is -1.96. The van der Waals surface area contributed by atoms with E-state index in [1.165, 1.54) is 12.1 Å². The summed E-state index contributed by atoms with van der Waals surface area (Å²) in [5, 5.41) is 2.51. The van der Waals surface area contributed by atoms with E-state index in [1.807, 2.05) is 0 Å². The van der Waals surface area contributed by atoms with Crippen LogP contribution < -0.4 is 5.73 Å². The number of carbonyl (C=O) groups is 1. The Balaban J connectivity index is 2.98. The summed E-state index contributed by atoms with van der Waals surface area (Å²) in [5.74, 6) is -0.662. The van der Waals surface area contributed by atoms with Crippen LogP contribution in [0.2, 0.25) is 0 Å². The fraction of sp³-hybridized carbons (Fsp3) is 0. The van der Waals surface area contributed by atoms with Crippen molar-refractivity contribution in [3.8, 4) is 0 Å². The Hall–Kier alpha value is -1.71. The van der Waals surface area contributed by atoms with Crippen molar-refractivity contribution in [1.82, 2.24) is 0 Å². The van der Waals surface area contributed by atoms with Crippen molar-refractivity contribution >= 4 is 11.6 Å². The van der Waals surface area contributed by atoms with Crippen LogP contribution in [0.1, 0.15) is 10.4 Å². The lowest BCUT2D eigenvalue weighted by molar-refractivity contribution is 0.100. The Morgan fingerprint density at radius 2 is 1.91 bits per heavy atom. The van der Waals surface area contributed by atoms with Crippen molar-refractivity contribution in [1.29, 1.82) is 0 Å². The van der Waals surface area contributed by atoms with Crippen molar-refractivity contribution in [3.63, 3.8) is 0 Å². The third-order valence-corrected chi connectivity index (χ3v) is 1.25. The molecule has 0 saturated heterocycles. The summed E-state index contributed by atoms with van der Waals surface area (Å²) in [6, 6.07) is 6.13. The summed E-state index contributed by atoms with van der Waals surface area (Å²) >= 11 is 0. The van der Waals surface area contributed by atoms with E-state index in [9.17, 15) is 4.79 Å². The van der Waals surface area contributed by atoms with Crippen LogP contribution in [0.5, 0.6) is 0 Å². The minimum absolute atomic E-state index is 0.321. The molecule has 1 amide bonds. The Bertz CT molecular complexity index is 278. The van der Waals surface area contributed by atoms with E-state index < -0.39 is 5.91 Å². The van der Waals surface area contributed by atoms with E-state index in [0.717, 1.165) is 0 Å². The van der Waals surface area contributed by atoms with Gasteiger partial charge in [0.1, 0.15) is 0 Å². The number of nitrogen functional groups attached to an aromatic ring is 1. The Morgan fingerprint density at radius 1 is 1.36 bits per heavy atom. The molecule has 0 fully saturated rings. The average molecular weight is 148 g/mol. The number of amides is 1. The predicted molar refractivity (Wildman–Crippen MR) is 41.0 cm³/mol. The molecule has 4 heteroatoms. The molecule has 1 aromatic rings. The monoisotopic (exact) mass is 148 g/mol. The SMILES string of the molecule is [N-]=NC(=O)c1ccc(N)cc1. The second-order valence-corrected chi connectivity index (χ2v) is 2.03. The van der Waals surface area contributed by atoms with Gasteiger partial charge < -0.3 is 16.4 Å². The molecule has 0 atom stereocenters. The highest BCUT2D eigenvalue weighted by atomic mass is 16.1. The predicted octanol–water partition coefficient (Wildman–Crippen LogP) is 1.43. The van der Waals surface area contributed by atoms with Crippen molar-refractivity contribution in [2.45, 2.75) is 0 Å². The summed E-state index contributed by atoms with van der Waals surface area (Å²) in [4.78, 5) is 10.7. The van der Waals surface area contributed by atoms with E-state index >= 15 is 0 Å². The van der Waals surface area contributed by atoms with Gasteiger partial charge in [-0.25, -0.2) is 0 Å². The number of carbonyl (C=O) groups excluding carboxylic acids is 1. The van der Waals surface area contributed by atoms with Gasteiger partial charge in [-0.15, -0.1) is 0 Å². The lowest BCUT2D eigenvalue weighted by atomic mass is 10.2. The highest BCUT2D eigenvalue weighted by Gasteiger charge is 1.97. The van der Waals surface area contributed by atoms with Crippen LogP contribution in [0.3, 0.4) is 0 Å². The second-order valence-electron chi connectivity index (χ2n) is 2.03. The summed E-state index contributed by atoms with van der Waals surface area (Å²) in [6.07, 6.45) is 0. The van der Waals surface area contributed by atoms with Crippen molar-refractivity contribution in [2.24, 2.45) is 5.11 Å². The van der Waals surface area contributed by atoms with Crippen LogP contribution in [0.25, 0.3) is 5.53 Å². The van der Waals surface area contributed by atoms with Crippen LogP contribution in [0.15, 0.2) is 29.4 Å². The van der Waals surface area contributed by atoms with Crippen LogP contribution >= 0.6 is 0 Å². The van der Waals surface area contributed by atoms with Gasteiger partial charge in [0.15, 0.2) is 0 Å². The molecule has 0 saturated carbocycles. The highest BCUT2D eigenvalue weighted by Crippen LogP contribution is 2.06. The number of hydrogen-bond donors (Lipinski definition) is 1. The molecule has 0 aromatic heterocycles. The van der Waals surface area contributed by atoms with E-state index in [1.54, 1.807) is 12.1 Å². The first-order valence-corrected chi connectivity index (χ1v) is 2.99. The first kappa shape index (κ1) is 7.40. The van der Waals surface area contributed by atoms with Gasteiger partial charge in [0.2, 0.25) is 0 Å². The van der Waals surface area contributed by atoms with Gasteiger partial charge in [-0.3, -0.25) is 4.79 Å². The van der Waals surface area contributed by atoms with E-state index in [4.69, 9.17) is 11.3 Å². The molecule has 1 aromatic carbocycles. The standard InChI is InChI=1S/C7H6N3O/c8-6-3-1-5(2-4-6)7(11)10-9/h1-4H,8H2/q-1. The summed E-state index contributed by atoms with van der Waals surface area (Å²) < 4.78 is 0. The van der Waals surface area contributed by atoms with Crippen molar-refractivity contribution < 1.29 is 4.79 Å². The number of hydrogen-bond acceptors (Lipinski definition) is 2. The van der Waals surface area contributed by atoms with Crippen LogP contribution in [0.4, 0.5) is 5.69 Å². The number of nitrogens with zero attached hydrogens (tertiary/aromatic N) is 2. The molecule has 0 aliphatic rings. The first-order valence-electron chi connectivity index (χ1n) is 2.99. The largest absolute Gasteiger partial charge is 0.704 e. The molecular formula is C7H6N3O-. The summed E-state index contributed by atoms with van der Waals surface area (Å²) in [7, 11) is 0. The number of nitrogens with two attached hydrogens (primary N) is 1. The van der Waals surface area contributed by atoms with E-state index in [-0.39, 0.29) is 0 Å². The maximum absolute atomic E-state index is 10.7. The number of anilines is 1. The third-order valence-electron chi connectivity index (χ3n) is 1.25. The molecule has 11 heavy (non-hydrogen) atoms. The number of benzene rings is 1. The summed E-state index contributed by atoms with van der Waals surface area (Å²) in [5.41, 5.74) is 14.4. The Labute approximate surface area is 63.5 Å².